The molecule has 32 heavy (non-hydrogen) atoms. The van der Waals surface area contributed by atoms with Gasteiger partial charge in [-0.15, -0.1) is 0 Å². The van der Waals surface area contributed by atoms with Crippen molar-refractivity contribution >= 4 is 39.5 Å². The smallest absolute Gasteiger partial charge is 0.379 e. The number of fused-ring (bicyclic) bond motifs is 2. The van der Waals surface area contributed by atoms with Crippen LogP contribution < -0.4 is 14.9 Å². The summed E-state index contributed by atoms with van der Waals surface area (Å²) < 4.78 is 22.0. The van der Waals surface area contributed by atoms with Crippen molar-refractivity contribution in [2.24, 2.45) is 0 Å². The van der Waals surface area contributed by atoms with Crippen LogP contribution in [0.5, 0.6) is 11.5 Å². The largest absolute Gasteiger partial charge is 0.496 e. The zero-order chi connectivity index (χ0) is 22.2. The molecular weight excluding hydrogens is 432 g/mol. The fraction of sp³-hybridized carbons (Fsp3) is 0.0400. The maximum atomic E-state index is 13.0. The van der Waals surface area contributed by atoms with Crippen LogP contribution in [0.15, 0.2) is 86.6 Å². The number of hydrogen-bond acceptors (Lipinski definition) is 6. The van der Waals surface area contributed by atoms with Gasteiger partial charge in [-0.25, -0.2) is 4.79 Å². The van der Waals surface area contributed by atoms with Crippen LogP contribution in [0, 0.1) is 0 Å². The summed E-state index contributed by atoms with van der Waals surface area (Å²) >= 11 is 5.97. The molecule has 3 aromatic carbocycles. The summed E-state index contributed by atoms with van der Waals surface area (Å²) in [6, 6.07) is 18.4. The van der Waals surface area contributed by atoms with E-state index in [9.17, 15) is 9.59 Å². The van der Waals surface area contributed by atoms with Crippen LogP contribution in [0.1, 0.15) is 10.6 Å². The molecule has 5 rings (SSSR count). The average molecular weight is 447 g/mol. The van der Waals surface area contributed by atoms with Gasteiger partial charge in [0.25, 0.3) is 0 Å². The van der Waals surface area contributed by atoms with Crippen molar-refractivity contribution in [1.29, 1.82) is 0 Å². The number of esters is 1. The summed E-state index contributed by atoms with van der Waals surface area (Å²) in [4.78, 5) is 25.6. The standard InChI is InChI=1S/C25H15ClO6/c1-29-21-5-3-2-4-17(21)19-13-30-22-12-16(7-8-18(22)24(19)27)31-25(28)23-11-14-10-15(26)6-9-20(14)32-23/h2-13H,1H3. The van der Waals surface area contributed by atoms with Gasteiger partial charge in [-0.1, -0.05) is 29.8 Å². The number of benzene rings is 3. The predicted molar refractivity (Wildman–Crippen MR) is 121 cm³/mol. The average Bonchev–Trinajstić information content (AvgIpc) is 3.23. The molecule has 0 aliphatic heterocycles. The number of carbonyl (C=O) groups excluding carboxylic acids is 1. The second kappa shape index (κ2) is 7.90. The van der Waals surface area contributed by atoms with E-state index in [1.54, 1.807) is 49.6 Å². The van der Waals surface area contributed by atoms with Gasteiger partial charge in [0.2, 0.25) is 11.2 Å². The molecule has 2 aromatic heterocycles. The Labute approximate surface area is 186 Å². The molecule has 0 aliphatic rings. The van der Waals surface area contributed by atoms with Crippen LogP contribution in [-0.2, 0) is 0 Å². The van der Waals surface area contributed by atoms with Gasteiger partial charge < -0.3 is 18.3 Å². The zero-order valence-corrected chi connectivity index (χ0v) is 17.5. The van der Waals surface area contributed by atoms with Crippen molar-refractivity contribution in [2.45, 2.75) is 0 Å². The minimum absolute atomic E-state index is 0.0373. The molecule has 5 aromatic rings. The van der Waals surface area contributed by atoms with Crippen LogP contribution in [-0.4, -0.2) is 13.1 Å². The van der Waals surface area contributed by atoms with Gasteiger partial charge in [-0.3, -0.25) is 4.79 Å². The van der Waals surface area contributed by atoms with Gasteiger partial charge in [0.15, 0.2) is 0 Å². The Bertz CT molecular complexity index is 1550. The Morgan fingerprint density at radius 1 is 0.938 bits per heavy atom. The highest BCUT2D eigenvalue weighted by molar-refractivity contribution is 6.31. The summed E-state index contributed by atoms with van der Waals surface area (Å²) in [5.74, 6) is 0.144. The number of carbonyl (C=O) groups is 1. The molecule has 0 saturated heterocycles. The number of furan rings is 1. The number of para-hydroxylation sites is 1. The predicted octanol–water partition coefficient (Wildman–Crippen LogP) is 6.09. The van der Waals surface area contributed by atoms with Crippen molar-refractivity contribution in [3.8, 4) is 22.6 Å². The van der Waals surface area contributed by atoms with Crippen molar-refractivity contribution in [2.75, 3.05) is 7.11 Å². The maximum Gasteiger partial charge on any atom is 0.379 e. The molecule has 158 valence electrons. The van der Waals surface area contributed by atoms with Crippen molar-refractivity contribution in [1.82, 2.24) is 0 Å². The van der Waals surface area contributed by atoms with E-state index in [1.165, 1.54) is 18.4 Å². The lowest BCUT2D eigenvalue weighted by Gasteiger charge is -2.08. The molecule has 6 nitrogen and oxygen atoms in total. The van der Waals surface area contributed by atoms with Crippen LogP contribution in [0.2, 0.25) is 5.02 Å². The quantitative estimate of drug-likeness (QED) is 0.245. The molecule has 0 amide bonds. The van der Waals surface area contributed by atoms with Gasteiger partial charge in [-0.2, -0.15) is 0 Å². The van der Waals surface area contributed by atoms with Crippen molar-refractivity contribution < 1.29 is 23.1 Å². The number of halogens is 1. The third-order valence-corrected chi connectivity index (χ3v) is 5.27. The summed E-state index contributed by atoms with van der Waals surface area (Å²) in [5, 5.41) is 1.58. The first-order chi connectivity index (χ1) is 15.5. The topological polar surface area (TPSA) is 78.9 Å². The van der Waals surface area contributed by atoms with Gasteiger partial charge in [0.05, 0.1) is 18.1 Å². The summed E-state index contributed by atoms with van der Waals surface area (Å²) in [5.41, 5.74) is 1.60. The molecule has 0 unspecified atom stereocenters. The summed E-state index contributed by atoms with van der Waals surface area (Å²) in [6.45, 7) is 0. The first kappa shape index (κ1) is 19.9. The van der Waals surface area contributed by atoms with Gasteiger partial charge in [0.1, 0.15) is 28.9 Å². The molecule has 0 spiro atoms. The Kier molecular flexibility index (Phi) is 4.92. The third kappa shape index (κ3) is 3.50. The summed E-state index contributed by atoms with van der Waals surface area (Å²) in [6.07, 6.45) is 1.37. The number of hydrogen-bond donors (Lipinski definition) is 0. The molecular formula is C25H15ClO6. The SMILES string of the molecule is COc1ccccc1-c1coc2cc(OC(=O)c3cc4cc(Cl)ccc4o3)ccc2c1=O. The Morgan fingerprint density at radius 2 is 1.78 bits per heavy atom. The van der Waals surface area contributed by atoms with Gasteiger partial charge in [0, 0.05) is 22.0 Å². The highest BCUT2D eigenvalue weighted by Crippen LogP contribution is 2.30. The van der Waals surface area contributed by atoms with E-state index in [2.05, 4.69) is 0 Å². The fourth-order valence-corrected chi connectivity index (χ4v) is 3.68. The van der Waals surface area contributed by atoms with E-state index in [4.69, 9.17) is 29.9 Å². The second-order valence-electron chi connectivity index (χ2n) is 7.02. The Balaban J connectivity index is 1.47. The van der Waals surface area contributed by atoms with E-state index in [0.717, 1.165) is 0 Å². The highest BCUT2D eigenvalue weighted by Gasteiger charge is 2.17. The maximum absolute atomic E-state index is 13.0. The molecule has 0 atom stereocenters. The van der Waals surface area contributed by atoms with Gasteiger partial charge in [-0.05, 0) is 42.5 Å². The second-order valence-corrected chi connectivity index (χ2v) is 7.46. The molecule has 0 fully saturated rings. The van der Waals surface area contributed by atoms with Crippen LogP contribution >= 0.6 is 11.6 Å². The Hall–Kier alpha value is -4.03. The lowest BCUT2D eigenvalue weighted by molar-refractivity contribution is 0.0704. The molecule has 0 saturated carbocycles. The Morgan fingerprint density at radius 3 is 2.62 bits per heavy atom. The van der Waals surface area contributed by atoms with E-state index < -0.39 is 5.97 Å². The van der Waals surface area contributed by atoms with E-state index in [0.29, 0.717) is 38.3 Å². The molecule has 7 heteroatoms. The zero-order valence-electron chi connectivity index (χ0n) is 16.8. The van der Waals surface area contributed by atoms with Gasteiger partial charge >= 0.3 is 5.97 Å². The molecule has 0 radical (unpaired) electrons. The fourth-order valence-electron chi connectivity index (χ4n) is 3.50. The van der Waals surface area contributed by atoms with Crippen molar-refractivity contribution in [3.63, 3.8) is 0 Å². The normalized spacial score (nSPS) is 11.1. The van der Waals surface area contributed by atoms with Crippen LogP contribution in [0.25, 0.3) is 33.1 Å². The molecule has 0 N–H and O–H groups in total. The van der Waals surface area contributed by atoms with Crippen LogP contribution in [0.4, 0.5) is 0 Å². The number of ether oxygens (including phenoxy) is 2. The van der Waals surface area contributed by atoms with E-state index in [1.807, 2.05) is 12.1 Å². The lowest BCUT2D eigenvalue weighted by Crippen LogP contribution is -2.08. The van der Waals surface area contributed by atoms with Crippen LogP contribution in [0.3, 0.4) is 0 Å². The van der Waals surface area contributed by atoms with E-state index >= 15 is 0 Å². The minimum Gasteiger partial charge on any atom is -0.496 e. The molecule has 0 bridgehead atoms. The first-order valence-corrected chi connectivity index (χ1v) is 10.0. The molecule has 2 heterocycles. The number of methoxy groups -OCH3 is 1. The van der Waals surface area contributed by atoms with Crippen molar-refractivity contribution in [3.05, 3.63) is 94.0 Å². The monoisotopic (exact) mass is 446 g/mol. The molecule has 0 aliphatic carbocycles. The first-order valence-electron chi connectivity index (χ1n) is 9.64. The summed E-state index contributed by atoms with van der Waals surface area (Å²) in [7, 11) is 1.54. The minimum atomic E-state index is -0.676. The van der Waals surface area contributed by atoms with E-state index in [-0.39, 0.29) is 22.5 Å². The highest BCUT2D eigenvalue weighted by atomic mass is 35.5. The lowest BCUT2D eigenvalue weighted by atomic mass is 10.0. The number of rotatable bonds is 4. The third-order valence-electron chi connectivity index (χ3n) is 5.03.